The van der Waals surface area contributed by atoms with Crippen molar-refractivity contribution < 1.29 is 18.7 Å². The Hall–Kier alpha value is -2.30. The van der Waals surface area contributed by atoms with Gasteiger partial charge in [0, 0.05) is 17.0 Å². The molecule has 24 heavy (non-hydrogen) atoms. The van der Waals surface area contributed by atoms with Crippen molar-refractivity contribution in [2.24, 2.45) is 0 Å². The van der Waals surface area contributed by atoms with E-state index >= 15 is 0 Å². The monoisotopic (exact) mass is 332 g/mol. The molecule has 130 valence electrons. The summed E-state index contributed by atoms with van der Waals surface area (Å²) in [4.78, 5) is 23.8. The number of fused-ring (bicyclic) bond motifs is 1. The maximum Gasteiger partial charge on any atom is 0.347 e. The molecule has 0 fully saturated rings. The lowest BCUT2D eigenvalue weighted by atomic mass is 10.0. The number of rotatable bonds is 7. The van der Waals surface area contributed by atoms with Gasteiger partial charge in [-0.15, -0.1) is 0 Å². The first-order valence-electron chi connectivity index (χ1n) is 8.37. The lowest BCUT2D eigenvalue weighted by molar-refractivity contribution is -0.150. The van der Waals surface area contributed by atoms with E-state index in [0.29, 0.717) is 17.9 Å². The van der Waals surface area contributed by atoms with Crippen LogP contribution in [0.15, 0.2) is 27.4 Å². The number of aryl methyl sites for hydroxylation is 1. The summed E-state index contributed by atoms with van der Waals surface area (Å²) in [5, 5.41) is 0.886. The van der Waals surface area contributed by atoms with Crippen LogP contribution < -0.4 is 10.4 Å². The molecule has 2 rings (SSSR count). The van der Waals surface area contributed by atoms with Crippen molar-refractivity contribution in [3.63, 3.8) is 0 Å². The highest BCUT2D eigenvalue weighted by atomic mass is 16.6. The Balaban J connectivity index is 2.31. The van der Waals surface area contributed by atoms with Gasteiger partial charge in [0.1, 0.15) is 11.3 Å². The van der Waals surface area contributed by atoms with Crippen LogP contribution in [0.3, 0.4) is 0 Å². The molecule has 1 heterocycles. The van der Waals surface area contributed by atoms with Gasteiger partial charge in [0.15, 0.2) is 6.10 Å². The van der Waals surface area contributed by atoms with Crippen molar-refractivity contribution in [3.8, 4) is 5.75 Å². The molecule has 0 aliphatic rings. The average Bonchev–Trinajstić information content (AvgIpc) is 2.54. The van der Waals surface area contributed by atoms with E-state index in [1.54, 1.807) is 26.0 Å². The minimum absolute atomic E-state index is 0.302. The van der Waals surface area contributed by atoms with Gasteiger partial charge in [0.2, 0.25) is 0 Å². The molecule has 0 aliphatic heterocycles. The first-order chi connectivity index (χ1) is 11.5. The molecular formula is C19H24O5. The summed E-state index contributed by atoms with van der Waals surface area (Å²) in [6.07, 6.45) is 1.97. The second-order valence-corrected chi connectivity index (χ2v) is 5.77. The Morgan fingerprint density at radius 1 is 1.29 bits per heavy atom. The Labute approximate surface area is 141 Å². The molecule has 0 radical (unpaired) electrons. The first-order valence-corrected chi connectivity index (χ1v) is 8.37. The van der Waals surface area contributed by atoms with Gasteiger partial charge < -0.3 is 13.9 Å². The second kappa shape index (κ2) is 7.99. The summed E-state index contributed by atoms with van der Waals surface area (Å²) in [5.74, 6) is 0.0389. The third-order valence-electron chi connectivity index (χ3n) is 3.97. The maximum absolute atomic E-state index is 12.2. The smallest absolute Gasteiger partial charge is 0.347 e. The fourth-order valence-electron chi connectivity index (χ4n) is 2.60. The fraction of sp³-hybridized carbons (Fsp3) is 0.474. The highest BCUT2D eigenvalue weighted by Crippen LogP contribution is 2.25. The zero-order valence-corrected chi connectivity index (χ0v) is 14.7. The number of hydrogen-bond acceptors (Lipinski definition) is 5. The van der Waals surface area contributed by atoms with Crippen LogP contribution in [-0.2, 0) is 16.0 Å². The minimum Gasteiger partial charge on any atom is -0.479 e. The summed E-state index contributed by atoms with van der Waals surface area (Å²) < 4.78 is 15.9. The fourth-order valence-corrected chi connectivity index (χ4v) is 2.60. The van der Waals surface area contributed by atoms with Gasteiger partial charge in [-0.05, 0) is 51.3 Å². The normalized spacial score (nSPS) is 12.2. The Kier molecular flexibility index (Phi) is 6.01. The summed E-state index contributed by atoms with van der Waals surface area (Å²) in [6.45, 7) is 7.70. The van der Waals surface area contributed by atoms with E-state index in [9.17, 15) is 9.59 Å². The number of ether oxygens (including phenoxy) is 2. The second-order valence-electron chi connectivity index (χ2n) is 5.77. The molecule has 0 spiro atoms. The van der Waals surface area contributed by atoms with Crippen LogP contribution in [0.1, 0.15) is 44.7 Å². The lowest BCUT2D eigenvalue weighted by Crippen LogP contribution is -2.26. The van der Waals surface area contributed by atoms with Crippen molar-refractivity contribution in [1.29, 1.82) is 0 Å². The van der Waals surface area contributed by atoms with Crippen molar-refractivity contribution in [1.82, 2.24) is 0 Å². The van der Waals surface area contributed by atoms with Crippen LogP contribution in [0.4, 0.5) is 0 Å². The molecular weight excluding hydrogens is 308 g/mol. The Morgan fingerprint density at radius 2 is 2.04 bits per heavy atom. The minimum atomic E-state index is -0.723. The van der Waals surface area contributed by atoms with E-state index in [-0.39, 0.29) is 5.63 Å². The molecule has 5 nitrogen and oxygen atoms in total. The van der Waals surface area contributed by atoms with Crippen LogP contribution in [0, 0.1) is 6.92 Å². The first kappa shape index (κ1) is 18.0. The van der Waals surface area contributed by atoms with Crippen molar-refractivity contribution in [3.05, 3.63) is 39.7 Å². The topological polar surface area (TPSA) is 65.7 Å². The molecule has 0 saturated heterocycles. The van der Waals surface area contributed by atoms with Crippen LogP contribution in [-0.4, -0.2) is 18.7 Å². The summed E-state index contributed by atoms with van der Waals surface area (Å²) in [6, 6.07) is 5.27. The Morgan fingerprint density at radius 3 is 2.71 bits per heavy atom. The molecule has 0 amide bonds. The average molecular weight is 332 g/mol. The van der Waals surface area contributed by atoms with E-state index in [4.69, 9.17) is 13.9 Å². The van der Waals surface area contributed by atoms with E-state index < -0.39 is 12.1 Å². The predicted octanol–water partition coefficient (Wildman–Crippen LogP) is 3.77. The molecule has 1 aromatic heterocycles. The summed E-state index contributed by atoms with van der Waals surface area (Å²) in [5.41, 5.74) is 1.84. The van der Waals surface area contributed by atoms with Crippen LogP contribution in [0.25, 0.3) is 11.0 Å². The van der Waals surface area contributed by atoms with Crippen LogP contribution in [0.2, 0.25) is 0 Å². The molecule has 5 heteroatoms. The van der Waals surface area contributed by atoms with Crippen molar-refractivity contribution in [2.45, 2.75) is 53.1 Å². The predicted molar refractivity (Wildman–Crippen MR) is 92.6 cm³/mol. The highest BCUT2D eigenvalue weighted by molar-refractivity contribution is 5.82. The molecule has 1 aromatic carbocycles. The molecule has 0 saturated carbocycles. The van der Waals surface area contributed by atoms with E-state index in [2.05, 4.69) is 6.92 Å². The highest BCUT2D eigenvalue weighted by Gasteiger charge is 2.17. The molecule has 0 aliphatic carbocycles. The Bertz CT molecular complexity index is 775. The van der Waals surface area contributed by atoms with Gasteiger partial charge in [-0.25, -0.2) is 9.59 Å². The number of unbranched alkanes of at least 4 members (excludes halogenated alkanes) is 1. The van der Waals surface area contributed by atoms with Gasteiger partial charge in [-0.2, -0.15) is 0 Å². The van der Waals surface area contributed by atoms with Gasteiger partial charge in [0.25, 0.3) is 0 Å². The zero-order chi connectivity index (χ0) is 17.7. The van der Waals surface area contributed by atoms with Crippen molar-refractivity contribution in [2.75, 3.05) is 6.61 Å². The number of benzene rings is 1. The summed E-state index contributed by atoms with van der Waals surface area (Å²) in [7, 11) is 0. The molecule has 0 bridgehead atoms. The standard InChI is InChI=1S/C19H24O5/c1-5-7-8-16-12(3)15-10-9-14(11-17(15)24-19(16)21)23-13(4)18(20)22-6-2/h9-11,13H,5-8H2,1-4H3/t13-/m0/s1. The SMILES string of the molecule is CCCCc1c(C)c2ccc(O[C@@H](C)C(=O)OCC)cc2oc1=O. The third kappa shape index (κ3) is 3.96. The number of carbonyl (C=O) groups is 1. The zero-order valence-electron chi connectivity index (χ0n) is 14.7. The van der Waals surface area contributed by atoms with Crippen molar-refractivity contribution >= 4 is 16.9 Å². The largest absolute Gasteiger partial charge is 0.479 e. The number of esters is 1. The number of hydrogen-bond donors (Lipinski definition) is 0. The molecule has 2 aromatic rings. The molecule has 0 N–H and O–H groups in total. The lowest BCUT2D eigenvalue weighted by Gasteiger charge is -2.14. The third-order valence-corrected chi connectivity index (χ3v) is 3.97. The number of carbonyl (C=O) groups excluding carboxylic acids is 1. The molecule has 1 atom stereocenters. The van der Waals surface area contributed by atoms with E-state index in [1.807, 2.05) is 13.0 Å². The van der Waals surface area contributed by atoms with E-state index in [0.717, 1.165) is 35.8 Å². The summed E-state index contributed by atoms with van der Waals surface area (Å²) >= 11 is 0. The van der Waals surface area contributed by atoms with Crippen LogP contribution in [0.5, 0.6) is 5.75 Å². The quantitative estimate of drug-likeness (QED) is 0.570. The maximum atomic E-state index is 12.2. The van der Waals surface area contributed by atoms with Crippen LogP contribution >= 0.6 is 0 Å². The van der Waals surface area contributed by atoms with Gasteiger partial charge in [0.05, 0.1) is 6.61 Å². The van der Waals surface area contributed by atoms with Gasteiger partial charge in [-0.3, -0.25) is 0 Å². The van der Waals surface area contributed by atoms with Gasteiger partial charge in [-0.1, -0.05) is 13.3 Å². The molecule has 0 unspecified atom stereocenters. The van der Waals surface area contributed by atoms with E-state index in [1.165, 1.54) is 0 Å². The van der Waals surface area contributed by atoms with Gasteiger partial charge >= 0.3 is 11.6 Å².